The molecule has 0 atom stereocenters. The zero-order valence-electron chi connectivity index (χ0n) is 20.4. The number of carbonyl (C=O) groups excluding carboxylic acids is 1. The van der Waals surface area contributed by atoms with Crippen LogP contribution in [0, 0.1) is 12.7 Å². The second-order valence-corrected chi connectivity index (χ2v) is 8.90. The van der Waals surface area contributed by atoms with E-state index in [-0.39, 0.29) is 29.3 Å². The highest BCUT2D eigenvalue weighted by Crippen LogP contribution is 2.19. The molecule has 3 aromatic rings. The van der Waals surface area contributed by atoms with Crippen LogP contribution in [0.3, 0.4) is 0 Å². The number of methoxy groups -OCH3 is 1. The lowest BCUT2D eigenvalue weighted by molar-refractivity contribution is 0.0738. The number of amides is 1. The number of aryl methyl sites for hydroxylation is 2. The maximum absolute atomic E-state index is 13.6. The minimum atomic E-state index is -0.271. The van der Waals surface area contributed by atoms with Crippen LogP contribution < -0.4 is 10.3 Å². The molecular weight excluding hydrogens is 445 g/mol. The van der Waals surface area contributed by atoms with Crippen molar-refractivity contribution in [1.82, 2.24) is 9.47 Å². The monoisotopic (exact) mass is 477 g/mol. The van der Waals surface area contributed by atoms with E-state index in [2.05, 4.69) is 21.6 Å². The quantitative estimate of drug-likeness (QED) is 0.492. The number of benzene rings is 2. The molecule has 1 aliphatic heterocycles. The van der Waals surface area contributed by atoms with E-state index in [4.69, 9.17) is 4.74 Å². The molecule has 2 aromatic carbocycles. The average molecular weight is 478 g/mol. The summed E-state index contributed by atoms with van der Waals surface area (Å²) in [5, 5.41) is 0. The Labute approximate surface area is 205 Å². The molecule has 0 aliphatic carbocycles. The van der Waals surface area contributed by atoms with Gasteiger partial charge in [0.25, 0.3) is 5.91 Å². The van der Waals surface area contributed by atoms with Gasteiger partial charge in [-0.1, -0.05) is 30.3 Å². The fraction of sp³-hybridized carbons (Fsp3) is 0.357. The molecule has 1 fully saturated rings. The Morgan fingerprint density at radius 2 is 1.69 bits per heavy atom. The van der Waals surface area contributed by atoms with Gasteiger partial charge in [0.05, 0.1) is 12.3 Å². The van der Waals surface area contributed by atoms with Crippen LogP contribution in [0.1, 0.15) is 33.7 Å². The molecule has 7 heteroatoms. The lowest BCUT2D eigenvalue weighted by Gasteiger charge is -2.36. The number of hydrogen-bond acceptors (Lipinski definition) is 4. The summed E-state index contributed by atoms with van der Waals surface area (Å²) in [5.74, 6) is -0.523. The van der Waals surface area contributed by atoms with Gasteiger partial charge in [-0.25, -0.2) is 4.39 Å². The minimum absolute atomic E-state index is 0.193. The van der Waals surface area contributed by atoms with Gasteiger partial charge in [0, 0.05) is 57.3 Å². The summed E-state index contributed by atoms with van der Waals surface area (Å²) in [4.78, 5) is 30.4. The van der Waals surface area contributed by atoms with Crippen LogP contribution >= 0.6 is 0 Å². The van der Waals surface area contributed by atoms with E-state index < -0.39 is 0 Å². The summed E-state index contributed by atoms with van der Waals surface area (Å²) in [6.45, 7) is 5.01. The fourth-order valence-corrected chi connectivity index (χ4v) is 4.72. The van der Waals surface area contributed by atoms with E-state index in [1.807, 2.05) is 25.1 Å². The first-order chi connectivity index (χ1) is 17.0. The van der Waals surface area contributed by atoms with Crippen molar-refractivity contribution in [2.24, 2.45) is 0 Å². The van der Waals surface area contributed by atoms with Gasteiger partial charge in [-0.2, -0.15) is 0 Å². The number of hydrogen-bond donors (Lipinski definition) is 0. The van der Waals surface area contributed by atoms with Crippen LogP contribution in [0.4, 0.5) is 10.1 Å². The summed E-state index contributed by atoms with van der Waals surface area (Å²) >= 11 is 0. The minimum Gasteiger partial charge on any atom is -0.378 e. The van der Waals surface area contributed by atoms with Crippen molar-refractivity contribution < 1.29 is 13.9 Å². The smallest absolute Gasteiger partial charge is 0.259 e. The number of ether oxygens (including phenoxy) is 1. The molecule has 6 nitrogen and oxygen atoms in total. The molecule has 4 rings (SSSR count). The van der Waals surface area contributed by atoms with Crippen LogP contribution in [0.25, 0.3) is 0 Å². The van der Waals surface area contributed by atoms with Crippen LogP contribution in [0.15, 0.2) is 65.5 Å². The van der Waals surface area contributed by atoms with Gasteiger partial charge < -0.3 is 19.1 Å². The molecule has 0 saturated carbocycles. The van der Waals surface area contributed by atoms with Crippen LogP contribution in [0.2, 0.25) is 0 Å². The van der Waals surface area contributed by atoms with Crippen molar-refractivity contribution in [2.75, 3.05) is 38.2 Å². The van der Waals surface area contributed by atoms with Gasteiger partial charge in [0.1, 0.15) is 11.4 Å². The fourth-order valence-electron chi connectivity index (χ4n) is 4.72. The number of carbonyl (C=O) groups is 1. The Kier molecular flexibility index (Phi) is 7.98. The summed E-state index contributed by atoms with van der Waals surface area (Å²) in [5.41, 5.74) is 3.58. The molecule has 1 aromatic heterocycles. The van der Waals surface area contributed by atoms with Gasteiger partial charge in [-0.15, -0.1) is 0 Å². The lowest BCUT2D eigenvalue weighted by atomic mass is 10.1. The number of rotatable bonds is 8. The Morgan fingerprint density at radius 3 is 2.34 bits per heavy atom. The molecule has 0 unspecified atom stereocenters. The molecule has 184 valence electrons. The average Bonchev–Trinajstić information content (AvgIpc) is 2.87. The van der Waals surface area contributed by atoms with Crippen molar-refractivity contribution in [3.8, 4) is 0 Å². The highest BCUT2D eigenvalue weighted by atomic mass is 19.1. The number of nitrogens with zero attached hydrogens (tertiary/aromatic N) is 3. The highest BCUT2D eigenvalue weighted by molar-refractivity contribution is 5.95. The topological polar surface area (TPSA) is 54.8 Å². The first-order valence-corrected chi connectivity index (χ1v) is 12.0. The lowest BCUT2D eigenvalue weighted by Crippen LogP contribution is -2.50. The summed E-state index contributed by atoms with van der Waals surface area (Å²) in [7, 11) is 1.58. The summed E-state index contributed by atoms with van der Waals surface area (Å²) in [6, 6.07) is 18.2. The normalized spacial score (nSPS) is 13.8. The second-order valence-electron chi connectivity index (χ2n) is 8.90. The van der Waals surface area contributed by atoms with Gasteiger partial charge in [0.2, 0.25) is 0 Å². The van der Waals surface area contributed by atoms with E-state index >= 15 is 0 Å². The third-order valence-corrected chi connectivity index (χ3v) is 6.57. The Morgan fingerprint density at radius 1 is 1.00 bits per heavy atom. The molecule has 0 radical (unpaired) electrons. The van der Waals surface area contributed by atoms with E-state index in [9.17, 15) is 14.0 Å². The van der Waals surface area contributed by atoms with Crippen LogP contribution in [-0.4, -0.2) is 48.7 Å². The van der Waals surface area contributed by atoms with Gasteiger partial charge in [0.15, 0.2) is 5.43 Å². The predicted molar refractivity (Wildman–Crippen MR) is 135 cm³/mol. The first-order valence-electron chi connectivity index (χ1n) is 12.0. The number of anilines is 1. The Bertz CT molecular complexity index is 1200. The largest absolute Gasteiger partial charge is 0.378 e. The standard InChI is InChI=1S/C28H32FN3O3/c1-21-19-26(33)27(25(20-35-2)32(21)14-6-9-22-7-4-3-5-8-22)28(34)31-17-15-30(16-18-31)24-12-10-23(29)11-13-24/h3-5,7-8,10-13,19H,6,9,14-18,20H2,1-2H3. The van der Waals surface area contributed by atoms with E-state index in [1.165, 1.54) is 17.7 Å². The second kappa shape index (κ2) is 11.3. The van der Waals surface area contributed by atoms with E-state index in [1.54, 1.807) is 30.2 Å². The van der Waals surface area contributed by atoms with Crippen LogP contribution in [-0.2, 0) is 24.3 Å². The highest BCUT2D eigenvalue weighted by Gasteiger charge is 2.27. The molecule has 0 spiro atoms. The number of pyridine rings is 1. The van der Waals surface area contributed by atoms with Crippen molar-refractivity contribution in [2.45, 2.75) is 32.9 Å². The maximum atomic E-state index is 13.6. The third kappa shape index (κ3) is 5.80. The first kappa shape index (κ1) is 24.7. The zero-order chi connectivity index (χ0) is 24.8. The van der Waals surface area contributed by atoms with E-state index in [0.29, 0.717) is 38.4 Å². The number of halogens is 1. The molecule has 0 bridgehead atoms. The molecular formula is C28H32FN3O3. The van der Waals surface area contributed by atoms with Crippen molar-refractivity contribution in [1.29, 1.82) is 0 Å². The molecule has 1 aliphatic rings. The van der Waals surface area contributed by atoms with Crippen molar-refractivity contribution in [3.63, 3.8) is 0 Å². The molecule has 1 saturated heterocycles. The summed E-state index contributed by atoms with van der Waals surface area (Å²) in [6.07, 6.45) is 1.79. The van der Waals surface area contributed by atoms with Gasteiger partial charge in [-0.05, 0) is 49.6 Å². The summed E-state index contributed by atoms with van der Waals surface area (Å²) < 4.78 is 20.7. The third-order valence-electron chi connectivity index (χ3n) is 6.57. The van der Waals surface area contributed by atoms with Gasteiger partial charge in [-0.3, -0.25) is 9.59 Å². The zero-order valence-corrected chi connectivity index (χ0v) is 20.4. The van der Waals surface area contributed by atoms with Gasteiger partial charge >= 0.3 is 0 Å². The maximum Gasteiger partial charge on any atom is 0.259 e. The number of aromatic nitrogens is 1. The predicted octanol–water partition coefficient (Wildman–Crippen LogP) is 4.04. The van der Waals surface area contributed by atoms with Crippen molar-refractivity contribution >= 4 is 11.6 Å². The van der Waals surface area contributed by atoms with Crippen LogP contribution in [0.5, 0.6) is 0 Å². The molecule has 35 heavy (non-hydrogen) atoms. The molecule has 2 heterocycles. The SMILES string of the molecule is COCc1c(C(=O)N2CCN(c3ccc(F)cc3)CC2)c(=O)cc(C)n1CCCc1ccccc1. The Balaban J connectivity index is 1.51. The molecule has 0 N–H and O–H groups in total. The van der Waals surface area contributed by atoms with E-state index in [0.717, 1.165) is 24.2 Å². The Hall–Kier alpha value is -3.45. The number of piperazine rings is 1. The molecule has 1 amide bonds. The van der Waals surface area contributed by atoms with Crippen molar-refractivity contribution in [3.05, 3.63) is 99.2 Å².